The van der Waals surface area contributed by atoms with E-state index in [1.165, 1.54) is 0 Å². The summed E-state index contributed by atoms with van der Waals surface area (Å²) in [5.74, 6) is 0. The molecule has 0 fully saturated rings. The third-order valence-corrected chi connectivity index (χ3v) is 0. The van der Waals surface area contributed by atoms with Gasteiger partial charge in [-0.3, -0.25) is 0 Å². The highest BCUT2D eigenvalue weighted by Crippen LogP contribution is 2.76. The molecule has 0 aliphatic carbocycles. The van der Waals surface area contributed by atoms with E-state index in [9.17, 15) is 0 Å². The van der Waals surface area contributed by atoms with Crippen molar-refractivity contribution in [2.24, 2.45) is 0 Å². The second kappa shape index (κ2) is 2.25. The summed E-state index contributed by atoms with van der Waals surface area (Å²) in [6, 6.07) is 0. The van der Waals surface area contributed by atoms with E-state index in [2.05, 4.69) is 46.5 Å². The van der Waals surface area contributed by atoms with Gasteiger partial charge in [0.25, 0.3) is 0 Å². The van der Waals surface area contributed by atoms with Gasteiger partial charge in [0.1, 0.15) is 0 Å². The van der Waals surface area contributed by atoms with Crippen LogP contribution in [0.15, 0.2) is 0 Å². The van der Waals surface area contributed by atoms with E-state index < -0.39 is 3.37 Å². The third-order valence-electron chi connectivity index (χ3n) is 0. The lowest BCUT2D eigenvalue weighted by molar-refractivity contribution is 2.50. The first-order chi connectivity index (χ1) is 2.00. The molecule has 0 N–H and O–H groups in total. The molecular formula is CH3Br3P+. The summed E-state index contributed by atoms with van der Waals surface area (Å²) >= 11 is 9.96. The molecule has 4 heteroatoms. The normalized spacial score (nSPS) is 12.0. The van der Waals surface area contributed by atoms with Crippen molar-refractivity contribution < 1.29 is 0 Å². The molecule has 0 aliphatic rings. The SMILES string of the molecule is C[P+](Br)(Br)Br. The van der Waals surface area contributed by atoms with Crippen LogP contribution in [0.3, 0.4) is 0 Å². The van der Waals surface area contributed by atoms with Crippen molar-refractivity contribution in [2.45, 2.75) is 0 Å². The molecule has 0 spiro atoms. The van der Waals surface area contributed by atoms with Crippen LogP contribution in [0.4, 0.5) is 0 Å². The lowest BCUT2D eigenvalue weighted by Crippen LogP contribution is -1.36. The Morgan fingerprint density at radius 1 is 1.20 bits per heavy atom. The summed E-state index contributed by atoms with van der Waals surface area (Å²) in [7, 11) is 0. The van der Waals surface area contributed by atoms with Gasteiger partial charge >= 0.3 is 0 Å². The van der Waals surface area contributed by atoms with Crippen molar-refractivity contribution in [1.82, 2.24) is 0 Å². The van der Waals surface area contributed by atoms with E-state index in [0.29, 0.717) is 0 Å². The molecule has 0 saturated heterocycles. The Labute approximate surface area is 56.3 Å². The monoisotopic (exact) mass is 283 g/mol. The highest BCUT2D eigenvalue weighted by Gasteiger charge is 2.18. The lowest BCUT2D eigenvalue weighted by Gasteiger charge is -1.82. The maximum Gasteiger partial charge on any atom is 0.218 e. The maximum absolute atomic E-state index is 3.32. The minimum atomic E-state index is -0.951. The topological polar surface area (TPSA) is 0 Å². The van der Waals surface area contributed by atoms with Crippen LogP contribution in [0.25, 0.3) is 0 Å². The number of hydrogen-bond acceptors (Lipinski definition) is 0. The zero-order chi connectivity index (χ0) is 4.50. The van der Waals surface area contributed by atoms with Gasteiger partial charge in [-0.05, 0) is 0 Å². The maximum atomic E-state index is 3.32. The Morgan fingerprint density at radius 2 is 1.20 bits per heavy atom. The average Bonchev–Trinajstić information content (AvgIpc) is 0.722. The van der Waals surface area contributed by atoms with Crippen LogP contribution in [-0.4, -0.2) is 6.66 Å². The van der Waals surface area contributed by atoms with Gasteiger partial charge in [0.15, 0.2) is 46.5 Å². The van der Waals surface area contributed by atoms with Crippen molar-refractivity contribution in [1.29, 1.82) is 0 Å². The lowest BCUT2D eigenvalue weighted by atomic mass is 12.0. The van der Waals surface area contributed by atoms with Crippen LogP contribution in [-0.2, 0) is 0 Å². The van der Waals surface area contributed by atoms with Gasteiger partial charge in [0.2, 0.25) is 3.37 Å². The fraction of sp³-hybridized carbons (Fsp3) is 1.00. The first kappa shape index (κ1) is 6.87. The smallest absolute Gasteiger partial charge is 0.0792 e. The minimum absolute atomic E-state index is 0.951. The second-order valence-corrected chi connectivity index (χ2v) is 23.4. The first-order valence-electron chi connectivity index (χ1n) is 0.954. The van der Waals surface area contributed by atoms with Gasteiger partial charge in [0.05, 0.1) is 6.66 Å². The van der Waals surface area contributed by atoms with Crippen LogP contribution in [0, 0.1) is 0 Å². The van der Waals surface area contributed by atoms with Crippen molar-refractivity contribution in [3.8, 4) is 0 Å². The fourth-order valence-corrected chi connectivity index (χ4v) is 0. The molecule has 0 amide bonds. The van der Waals surface area contributed by atoms with Gasteiger partial charge in [0, 0.05) is 0 Å². The molecule has 0 saturated carbocycles. The molecule has 0 aromatic heterocycles. The molecule has 0 bridgehead atoms. The Balaban J connectivity index is 3.02. The van der Waals surface area contributed by atoms with Gasteiger partial charge in [-0.25, -0.2) is 0 Å². The molecule has 5 heavy (non-hydrogen) atoms. The molecule has 0 atom stereocenters. The molecule has 0 aromatic carbocycles. The quantitative estimate of drug-likeness (QED) is 0.597. The summed E-state index contributed by atoms with van der Waals surface area (Å²) in [4.78, 5) is 0. The zero-order valence-electron chi connectivity index (χ0n) is 2.58. The predicted molar refractivity (Wildman–Crippen MR) is 39.6 cm³/mol. The molecule has 0 aromatic rings. The van der Waals surface area contributed by atoms with Crippen molar-refractivity contribution in [2.75, 3.05) is 6.66 Å². The summed E-state index contributed by atoms with van der Waals surface area (Å²) in [6.07, 6.45) is 0. The van der Waals surface area contributed by atoms with E-state index in [1.807, 2.05) is 6.66 Å². The summed E-state index contributed by atoms with van der Waals surface area (Å²) in [5, 5.41) is 0. The molecule has 0 nitrogen and oxygen atoms in total. The van der Waals surface area contributed by atoms with Crippen molar-refractivity contribution in [3.63, 3.8) is 0 Å². The number of hydrogen-bond donors (Lipinski definition) is 0. The van der Waals surface area contributed by atoms with E-state index in [4.69, 9.17) is 0 Å². The Bertz CT molecular complexity index is 22.4. The van der Waals surface area contributed by atoms with Crippen molar-refractivity contribution in [3.05, 3.63) is 0 Å². The molecule has 0 radical (unpaired) electrons. The predicted octanol–water partition coefficient (Wildman–Crippen LogP) is 3.56. The second-order valence-electron chi connectivity index (χ2n) is 0.699. The molecular weight excluding hydrogens is 283 g/mol. The van der Waals surface area contributed by atoms with E-state index in [1.54, 1.807) is 0 Å². The molecule has 32 valence electrons. The standard InChI is InChI=1S/CH3Br3P/c1-5(2,3)4/h1H3/q+1. The van der Waals surface area contributed by atoms with Crippen LogP contribution < -0.4 is 0 Å². The number of halogens is 3. The van der Waals surface area contributed by atoms with Crippen molar-refractivity contribution >= 4 is 49.8 Å². The van der Waals surface area contributed by atoms with Crippen LogP contribution in [0.5, 0.6) is 0 Å². The molecule has 0 unspecified atom stereocenters. The molecule has 0 rings (SSSR count). The van der Waals surface area contributed by atoms with Gasteiger partial charge in [-0.15, -0.1) is 0 Å². The Morgan fingerprint density at radius 3 is 1.20 bits per heavy atom. The third kappa shape index (κ3) is 25.1. The highest BCUT2D eigenvalue weighted by molar-refractivity contribution is 9.96. The summed E-state index contributed by atoms with van der Waals surface area (Å²) in [6.45, 7) is 2.05. The molecule has 0 heterocycles. The molecule has 0 aliphatic heterocycles. The van der Waals surface area contributed by atoms with Crippen LogP contribution in [0.2, 0.25) is 0 Å². The summed E-state index contributed by atoms with van der Waals surface area (Å²) < 4.78 is -0.951. The average molecular weight is 286 g/mol. The number of rotatable bonds is 0. The fourth-order valence-electron chi connectivity index (χ4n) is 0. The minimum Gasteiger partial charge on any atom is 0.0792 e. The van der Waals surface area contributed by atoms with Gasteiger partial charge in [-0.1, -0.05) is 0 Å². The highest BCUT2D eigenvalue weighted by atomic mass is 80.0. The van der Waals surface area contributed by atoms with Crippen LogP contribution in [0.1, 0.15) is 0 Å². The first-order valence-corrected chi connectivity index (χ1v) is 9.25. The van der Waals surface area contributed by atoms with E-state index >= 15 is 0 Å². The van der Waals surface area contributed by atoms with Crippen LogP contribution >= 0.6 is 49.8 Å². The largest absolute Gasteiger partial charge is 0.218 e. The van der Waals surface area contributed by atoms with E-state index in [-0.39, 0.29) is 0 Å². The van der Waals surface area contributed by atoms with Gasteiger partial charge in [-0.2, -0.15) is 0 Å². The van der Waals surface area contributed by atoms with Gasteiger partial charge < -0.3 is 0 Å². The van der Waals surface area contributed by atoms with E-state index in [0.717, 1.165) is 0 Å². The summed E-state index contributed by atoms with van der Waals surface area (Å²) in [5.41, 5.74) is 0. The Kier molecular flexibility index (Phi) is 3.09. The Hall–Kier alpha value is 1.87. The zero-order valence-corrected chi connectivity index (χ0v) is 8.23.